The first-order chi connectivity index (χ1) is 11.6. The van der Waals surface area contributed by atoms with Crippen LogP contribution in [-0.2, 0) is 14.3 Å². The van der Waals surface area contributed by atoms with Gasteiger partial charge in [-0.3, -0.25) is 4.79 Å². The molecule has 0 aromatic heterocycles. The lowest BCUT2D eigenvalue weighted by atomic mass is 10.2. The number of anilines is 1. The third kappa shape index (κ3) is 5.28. The van der Waals surface area contributed by atoms with Crippen LogP contribution in [0.15, 0.2) is 60.7 Å². The molecule has 2 rings (SSSR count). The maximum absolute atomic E-state index is 12.1. The number of rotatable bonds is 6. The fourth-order valence-corrected chi connectivity index (χ4v) is 1.94. The van der Waals surface area contributed by atoms with Crippen LogP contribution in [0.25, 0.3) is 6.08 Å². The second-order valence-electron chi connectivity index (χ2n) is 5.04. The summed E-state index contributed by atoms with van der Waals surface area (Å²) in [6, 6.07) is 16.3. The van der Waals surface area contributed by atoms with Crippen LogP contribution in [0, 0.1) is 0 Å². The maximum atomic E-state index is 12.1. The highest BCUT2D eigenvalue weighted by molar-refractivity contribution is 5.96. The average molecular weight is 325 g/mol. The smallest absolute Gasteiger partial charge is 0.331 e. The minimum absolute atomic E-state index is 0.412. The quantitative estimate of drug-likeness (QED) is 0.654. The number of esters is 1. The highest BCUT2D eigenvalue weighted by Crippen LogP contribution is 2.17. The van der Waals surface area contributed by atoms with Gasteiger partial charge in [0.05, 0.1) is 7.11 Å². The molecular formula is C19H19NO4. The Hall–Kier alpha value is -3.08. The molecule has 5 heteroatoms. The molecule has 0 saturated heterocycles. The topological polar surface area (TPSA) is 64.6 Å². The number of benzene rings is 2. The van der Waals surface area contributed by atoms with Crippen LogP contribution in [-0.4, -0.2) is 25.1 Å². The molecule has 2 aromatic carbocycles. The van der Waals surface area contributed by atoms with Gasteiger partial charge in [0.15, 0.2) is 6.10 Å². The zero-order valence-electron chi connectivity index (χ0n) is 13.6. The lowest BCUT2D eigenvalue weighted by Gasteiger charge is -2.12. The molecule has 0 bridgehead atoms. The van der Waals surface area contributed by atoms with E-state index in [0.29, 0.717) is 11.4 Å². The number of methoxy groups -OCH3 is 1. The van der Waals surface area contributed by atoms with Gasteiger partial charge >= 0.3 is 5.97 Å². The van der Waals surface area contributed by atoms with E-state index in [9.17, 15) is 9.59 Å². The zero-order valence-corrected chi connectivity index (χ0v) is 13.6. The van der Waals surface area contributed by atoms with E-state index in [1.807, 2.05) is 30.3 Å². The molecule has 0 heterocycles. The molecule has 0 spiro atoms. The van der Waals surface area contributed by atoms with Crippen LogP contribution in [0.2, 0.25) is 0 Å². The van der Waals surface area contributed by atoms with Crippen molar-refractivity contribution >= 4 is 23.6 Å². The molecule has 0 aliphatic heterocycles. The van der Waals surface area contributed by atoms with Crippen LogP contribution in [0.3, 0.4) is 0 Å². The highest BCUT2D eigenvalue weighted by atomic mass is 16.5. The Morgan fingerprint density at radius 1 is 1.08 bits per heavy atom. The fraction of sp³-hybridized carbons (Fsp3) is 0.158. The molecule has 5 nitrogen and oxygen atoms in total. The van der Waals surface area contributed by atoms with E-state index in [-0.39, 0.29) is 0 Å². The predicted molar refractivity (Wildman–Crippen MR) is 92.7 cm³/mol. The number of nitrogens with one attached hydrogen (secondary N) is 1. The number of carbonyl (C=O) groups excluding carboxylic acids is 2. The number of amides is 1. The molecule has 0 fully saturated rings. The first kappa shape index (κ1) is 17.3. The van der Waals surface area contributed by atoms with E-state index < -0.39 is 18.0 Å². The van der Waals surface area contributed by atoms with Crippen molar-refractivity contribution < 1.29 is 19.1 Å². The first-order valence-electron chi connectivity index (χ1n) is 7.47. The molecular weight excluding hydrogens is 306 g/mol. The van der Waals surface area contributed by atoms with Crippen LogP contribution < -0.4 is 10.1 Å². The van der Waals surface area contributed by atoms with Gasteiger partial charge in [0.2, 0.25) is 0 Å². The molecule has 1 atom stereocenters. The molecule has 2 aromatic rings. The van der Waals surface area contributed by atoms with Crippen LogP contribution in [0.5, 0.6) is 5.75 Å². The Balaban J connectivity index is 1.88. The average Bonchev–Trinajstić information content (AvgIpc) is 2.61. The summed E-state index contributed by atoms with van der Waals surface area (Å²) in [6.45, 7) is 1.52. The monoisotopic (exact) mass is 325 g/mol. The number of hydrogen-bond acceptors (Lipinski definition) is 4. The van der Waals surface area contributed by atoms with E-state index >= 15 is 0 Å². The van der Waals surface area contributed by atoms with Crippen LogP contribution in [0.1, 0.15) is 12.5 Å². The van der Waals surface area contributed by atoms with Crippen molar-refractivity contribution in [1.82, 2.24) is 0 Å². The molecule has 124 valence electrons. The minimum Gasteiger partial charge on any atom is -0.497 e. The molecule has 1 amide bonds. The lowest BCUT2D eigenvalue weighted by Crippen LogP contribution is -2.29. The van der Waals surface area contributed by atoms with Crippen molar-refractivity contribution in [3.63, 3.8) is 0 Å². The van der Waals surface area contributed by atoms with Crippen molar-refractivity contribution in [3.8, 4) is 5.75 Å². The Morgan fingerprint density at radius 3 is 2.54 bits per heavy atom. The van der Waals surface area contributed by atoms with Crippen LogP contribution in [0.4, 0.5) is 5.69 Å². The van der Waals surface area contributed by atoms with Crippen molar-refractivity contribution in [2.75, 3.05) is 12.4 Å². The summed E-state index contributed by atoms with van der Waals surface area (Å²) >= 11 is 0. The molecule has 0 radical (unpaired) electrons. The molecule has 0 aliphatic carbocycles. The summed E-state index contributed by atoms with van der Waals surface area (Å²) in [5, 5.41) is 2.68. The van der Waals surface area contributed by atoms with Gasteiger partial charge in [0, 0.05) is 17.8 Å². The van der Waals surface area contributed by atoms with Crippen molar-refractivity contribution in [1.29, 1.82) is 0 Å². The van der Waals surface area contributed by atoms with Gasteiger partial charge in [0.1, 0.15) is 5.75 Å². The molecule has 0 saturated carbocycles. The maximum Gasteiger partial charge on any atom is 0.331 e. The molecule has 24 heavy (non-hydrogen) atoms. The number of ether oxygens (including phenoxy) is 2. The van der Waals surface area contributed by atoms with Gasteiger partial charge in [0.25, 0.3) is 5.91 Å². The van der Waals surface area contributed by atoms with Crippen LogP contribution >= 0.6 is 0 Å². The van der Waals surface area contributed by atoms with Gasteiger partial charge < -0.3 is 14.8 Å². The van der Waals surface area contributed by atoms with Crippen molar-refractivity contribution in [3.05, 3.63) is 66.2 Å². The second-order valence-corrected chi connectivity index (χ2v) is 5.04. The summed E-state index contributed by atoms with van der Waals surface area (Å²) in [6.07, 6.45) is 2.02. The van der Waals surface area contributed by atoms with E-state index in [1.54, 1.807) is 37.5 Å². The Morgan fingerprint density at radius 2 is 1.83 bits per heavy atom. The van der Waals surface area contributed by atoms with E-state index in [0.717, 1.165) is 5.56 Å². The summed E-state index contributed by atoms with van der Waals surface area (Å²) in [5.74, 6) is -0.361. The van der Waals surface area contributed by atoms with Crippen molar-refractivity contribution in [2.45, 2.75) is 13.0 Å². The summed E-state index contributed by atoms with van der Waals surface area (Å²) in [7, 11) is 1.55. The number of carbonyl (C=O) groups is 2. The van der Waals surface area contributed by atoms with Gasteiger partial charge in [-0.05, 0) is 30.7 Å². The van der Waals surface area contributed by atoms with E-state index in [2.05, 4.69) is 5.32 Å². The highest BCUT2D eigenvalue weighted by Gasteiger charge is 2.16. The van der Waals surface area contributed by atoms with Gasteiger partial charge in [-0.15, -0.1) is 0 Å². The summed E-state index contributed by atoms with van der Waals surface area (Å²) in [4.78, 5) is 23.8. The van der Waals surface area contributed by atoms with Gasteiger partial charge in [-0.25, -0.2) is 4.79 Å². The first-order valence-corrected chi connectivity index (χ1v) is 7.47. The third-order valence-corrected chi connectivity index (χ3v) is 3.21. The Kier molecular flexibility index (Phi) is 6.14. The molecule has 0 aliphatic rings. The predicted octanol–water partition coefficient (Wildman–Crippen LogP) is 3.28. The summed E-state index contributed by atoms with van der Waals surface area (Å²) in [5.41, 5.74) is 1.45. The second kappa shape index (κ2) is 8.53. The summed E-state index contributed by atoms with van der Waals surface area (Å²) < 4.78 is 10.2. The molecule has 0 unspecified atom stereocenters. The zero-order chi connectivity index (χ0) is 17.4. The van der Waals surface area contributed by atoms with E-state index in [4.69, 9.17) is 9.47 Å². The number of hydrogen-bond donors (Lipinski definition) is 1. The lowest BCUT2D eigenvalue weighted by molar-refractivity contribution is -0.148. The van der Waals surface area contributed by atoms with Gasteiger partial charge in [-0.1, -0.05) is 36.4 Å². The fourth-order valence-electron chi connectivity index (χ4n) is 1.94. The SMILES string of the molecule is COc1cccc(NC(=O)[C@@H](C)OC(=O)/C=C/c2ccccc2)c1. The van der Waals surface area contributed by atoms with Gasteiger partial charge in [-0.2, -0.15) is 0 Å². The van der Waals surface area contributed by atoms with E-state index in [1.165, 1.54) is 13.0 Å². The Labute approximate surface area is 140 Å². The van der Waals surface area contributed by atoms with Crippen molar-refractivity contribution in [2.24, 2.45) is 0 Å². The third-order valence-electron chi connectivity index (χ3n) is 3.21. The largest absolute Gasteiger partial charge is 0.497 e. The normalized spacial score (nSPS) is 11.8. The standard InChI is InChI=1S/C19H19NO4/c1-14(19(22)20-16-9-6-10-17(13-16)23-2)24-18(21)12-11-15-7-4-3-5-8-15/h3-14H,1-2H3,(H,20,22)/b12-11+/t14-/m1/s1. The molecule has 1 N–H and O–H groups in total. The minimum atomic E-state index is -0.913. The Bertz CT molecular complexity index is 725.